The molecule has 7 heteroatoms. The Labute approximate surface area is 154 Å². The molecule has 1 aliphatic heterocycles. The average Bonchev–Trinajstić information content (AvgIpc) is 2.62. The highest BCUT2D eigenvalue weighted by Crippen LogP contribution is 2.36. The Morgan fingerprint density at radius 2 is 2.04 bits per heavy atom. The summed E-state index contributed by atoms with van der Waals surface area (Å²) in [6.45, 7) is 10.3. The minimum absolute atomic E-state index is 0.154. The van der Waals surface area contributed by atoms with Gasteiger partial charge < -0.3 is 19.5 Å². The number of hydrogen-bond acceptors (Lipinski definition) is 5. The Hall–Kier alpha value is -1.50. The van der Waals surface area contributed by atoms with Crippen molar-refractivity contribution in [3.05, 3.63) is 22.7 Å². The van der Waals surface area contributed by atoms with Gasteiger partial charge in [0.2, 0.25) is 0 Å². The van der Waals surface area contributed by atoms with Gasteiger partial charge in [-0.1, -0.05) is 11.6 Å². The fourth-order valence-electron chi connectivity index (χ4n) is 2.81. The Bertz CT molecular complexity index is 601. The number of carbonyl (C=O) groups excluding carboxylic acids is 1. The second kappa shape index (κ2) is 8.74. The van der Waals surface area contributed by atoms with E-state index in [-0.39, 0.29) is 11.4 Å². The third-order valence-corrected chi connectivity index (χ3v) is 4.61. The van der Waals surface area contributed by atoms with Gasteiger partial charge in [0.25, 0.3) is 5.91 Å². The van der Waals surface area contributed by atoms with Crippen LogP contribution in [0.3, 0.4) is 0 Å². The number of nitrogens with one attached hydrogen (secondary N) is 1. The summed E-state index contributed by atoms with van der Waals surface area (Å²) >= 11 is 6.24. The van der Waals surface area contributed by atoms with E-state index >= 15 is 0 Å². The molecule has 1 aromatic rings. The second-order valence-corrected chi connectivity index (χ2v) is 6.92. The van der Waals surface area contributed by atoms with Crippen molar-refractivity contribution in [1.82, 2.24) is 10.2 Å². The number of benzene rings is 1. The van der Waals surface area contributed by atoms with Gasteiger partial charge in [-0.3, -0.25) is 9.69 Å². The summed E-state index contributed by atoms with van der Waals surface area (Å²) in [7, 11) is 1.53. The highest BCUT2D eigenvalue weighted by molar-refractivity contribution is 6.32. The van der Waals surface area contributed by atoms with E-state index in [1.165, 1.54) is 7.11 Å². The predicted molar refractivity (Wildman–Crippen MR) is 98.0 cm³/mol. The average molecular weight is 371 g/mol. The van der Waals surface area contributed by atoms with Gasteiger partial charge in [0, 0.05) is 30.7 Å². The summed E-state index contributed by atoms with van der Waals surface area (Å²) in [6, 6.07) is 3.25. The lowest BCUT2D eigenvalue weighted by atomic mass is 10.0. The molecule has 1 aromatic carbocycles. The van der Waals surface area contributed by atoms with Crippen molar-refractivity contribution in [3.63, 3.8) is 0 Å². The van der Waals surface area contributed by atoms with Crippen LogP contribution < -0.4 is 14.8 Å². The number of halogens is 1. The highest BCUT2D eigenvalue weighted by atomic mass is 35.5. The predicted octanol–water partition coefficient (Wildman–Crippen LogP) is 2.59. The zero-order valence-corrected chi connectivity index (χ0v) is 16.1. The fourth-order valence-corrected chi connectivity index (χ4v) is 3.08. The first kappa shape index (κ1) is 19.8. The zero-order valence-electron chi connectivity index (χ0n) is 15.4. The van der Waals surface area contributed by atoms with Gasteiger partial charge in [-0.15, -0.1) is 0 Å². The molecule has 1 aliphatic rings. The first-order valence-corrected chi connectivity index (χ1v) is 8.88. The van der Waals surface area contributed by atoms with E-state index in [2.05, 4.69) is 24.1 Å². The maximum absolute atomic E-state index is 12.6. The smallest absolute Gasteiger partial charge is 0.251 e. The van der Waals surface area contributed by atoms with Crippen LogP contribution in [0.2, 0.25) is 5.02 Å². The third kappa shape index (κ3) is 5.00. The lowest BCUT2D eigenvalue weighted by Crippen LogP contribution is -2.55. The van der Waals surface area contributed by atoms with Crippen molar-refractivity contribution < 1.29 is 19.0 Å². The summed E-state index contributed by atoms with van der Waals surface area (Å²) < 4.78 is 16.2. The molecule has 2 rings (SSSR count). The molecule has 1 amide bonds. The number of morpholine rings is 1. The number of amides is 1. The van der Waals surface area contributed by atoms with E-state index in [0.717, 1.165) is 26.3 Å². The molecule has 1 saturated heterocycles. The van der Waals surface area contributed by atoms with Crippen LogP contribution in [0, 0.1) is 0 Å². The molecule has 6 nitrogen and oxygen atoms in total. The van der Waals surface area contributed by atoms with Crippen LogP contribution in [-0.2, 0) is 4.74 Å². The van der Waals surface area contributed by atoms with E-state index in [4.69, 9.17) is 25.8 Å². The molecule has 1 fully saturated rings. The number of methoxy groups -OCH3 is 1. The van der Waals surface area contributed by atoms with Gasteiger partial charge in [0.15, 0.2) is 11.5 Å². The van der Waals surface area contributed by atoms with Gasteiger partial charge in [-0.25, -0.2) is 0 Å². The molecule has 0 aliphatic carbocycles. The standard InChI is InChI=1S/C18H27ClN2O4/c1-5-25-16-14(19)10-13(11-15(16)23-4)17(22)20-12-18(2,3)21-6-8-24-9-7-21/h10-11H,5-9,12H2,1-4H3,(H,20,22). The van der Waals surface area contributed by atoms with Crippen LogP contribution in [0.15, 0.2) is 12.1 Å². The molecule has 0 aromatic heterocycles. The van der Waals surface area contributed by atoms with Gasteiger partial charge in [-0.2, -0.15) is 0 Å². The molecule has 0 radical (unpaired) electrons. The Morgan fingerprint density at radius 3 is 2.64 bits per heavy atom. The molecule has 1 heterocycles. The van der Waals surface area contributed by atoms with Crippen molar-refractivity contribution in [2.45, 2.75) is 26.3 Å². The normalized spacial score (nSPS) is 15.7. The monoisotopic (exact) mass is 370 g/mol. The molecule has 0 atom stereocenters. The largest absolute Gasteiger partial charge is 0.493 e. The molecular weight excluding hydrogens is 344 g/mol. The van der Waals surface area contributed by atoms with Gasteiger partial charge in [0.05, 0.1) is 32.0 Å². The van der Waals surface area contributed by atoms with E-state index in [1.54, 1.807) is 12.1 Å². The van der Waals surface area contributed by atoms with Crippen molar-refractivity contribution in [2.75, 3.05) is 46.6 Å². The van der Waals surface area contributed by atoms with Gasteiger partial charge in [-0.05, 0) is 32.9 Å². The quantitative estimate of drug-likeness (QED) is 0.799. The molecule has 1 N–H and O–H groups in total. The SMILES string of the molecule is CCOc1c(Cl)cc(C(=O)NCC(C)(C)N2CCOCC2)cc1OC. The van der Waals surface area contributed by atoms with Crippen molar-refractivity contribution in [2.24, 2.45) is 0 Å². The maximum atomic E-state index is 12.6. The Morgan fingerprint density at radius 1 is 1.36 bits per heavy atom. The number of carbonyl (C=O) groups is 1. The molecule has 0 saturated carbocycles. The lowest BCUT2D eigenvalue weighted by Gasteiger charge is -2.40. The van der Waals surface area contributed by atoms with Crippen LogP contribution in [0.5, 0.6) is 11.5 Å². The van der Waals surface area contributed by atoms with Crippen LogP contribution in [0.1, 0.15) is 31.1 Å². The van der Waals surface area contributed by atoms with Crippen LogP contribution >= 0.6 is 11.6 Å². The second-order valence-electron chi connectivity index (χ2n) is 6.52. The molecule has 0 unspecified atom stereocenters. The number of hydrogen-bond donors (Lipinski definition) is 1. The van der Waals surface area contributed by atoms with Crippen molar-refractivity contribution >= 4 is 17.5 Å². The zero-order chi connectivity index (χ0) is 18.4. The first-order valence-electron chi connectivity index (χ1n) is 8.50. The lowest BCUT2D eigenvalue weighted by molar-refractivity contribution is -0.00923. The van der Waals surface area contributed by atoms with Crippen LogP contribution in [0.25, 0.3) is 0 Å². The van der Waals surface area contributed by atoms with E-state index in [0.29, 0.717) is 35.2 Å². The van der Waals surface area contributed by atoms with Crippen LogP contribution in [0.4, 0.5) is 0 Å². The van der Waals surface area contributed by atoms with Crippen LogP contribution in [-0.4, -0.2) is 62.9 Å². The van der Waals surface area contributed by atoms with E-state index in [9.17, 15) is 4.79 Å². The summed E-state index contributed by atoms with van der Waals surface area (Å²) in [5.74, 6) is 0.716. The first-order chi connectivity index (χ1) is 11.9. The summed E-state index contributed by atoms with van der Waals surface area (Å²) in [6.07, 6.45) is 0. The van der Waals surface area contributed by atoms with Crippen molar-refractivity contribution in [3.8, 4) is 11.5 Å². The van der Waals surface area contributed by atoms with E-state index < -0.39 is 0 Å². The third-order valence-electron chi connectivity index (χ3n) is 4.33. The summed E-state index contributed by atoms with van der Waals surface area (Å²) in [5.41, 5.74) is 0.293. The fraction of sp³-hybridized carbons (Fsp3) is 0.611. The molecule has 140 valence electrons. The maximum Gasteiger partial charge on any atom is 0.251 e. The summed E-state index contributed by atoms with van der Waals surface area (Å²) in [5, 5.41) is 3.35. The van der Waals surface area contributed by atoms with Gasteiger partial charge >= 0.3 is 0 Å². The number of nitrogens with zero attached hydrogens (tertiary/aromatic N) is 1. The Kier molecular flexibility index (Phi) is 6.93. The van der Waals surface area contributed by atoms with Gasteiger partial charge in [0.1, 0.15) is 0 Å². The van der Waals surface area contributed by atoms with E-state index in [1.807, 2.05) is 6.92 Å². The Balaban J connectivity index is 2.06. The number of ether oxygens (including phenoxy) is 3. The highest BCUT2D eigenvalue weighted by Gasteiger charge is 2.29. The molecule has 25 heavy (non-hydrogen) atoms. The molecule has 0 spiro atoms. The minimum atomic E-state index is -0.190. The number of rotatable bonds is 7. The molecular formula is C18H27ClN2O4. The molecule has 0 bridgehead atoms. The van der Waals surface area contributed by atoms with Crippen molar-refractivity contribution in [1.29, 1.82) is 0 Å². The topological polar surface area (TPSA) is 60.0 Å². The minimum Gasteiger partial charge on any atom is -0.493 e. The summed E-state index contributed by atoms with van der Waals surface area (Å²) in [4.78, 5) is 14.9.